The molecule has 1 heterocycles. The Morgan fingerprint density at radius 3 is 2.83 bits per heavy atom. The van der Waals surface area contributed by atoms with Crippen LogP contribution >= 0.6 is 0 Å². The highest BCUT2D eigenvalue weighted by atomic mass is 15.0. The molecule has 1 atom stereocenters. The zero-order valence-electron chi connectivity index (χ0n) is 10.2. The zero-order chi connectivity index (χ0) is 12.6. The van der Waals surface area contributed by atoms with Crippen molar-refractivity contribution < 1.29 is 0 Å². The molecule has 2 rings (SSSR count). The lowest BCUT2D eigenvalue weighted by Gasteiger charge is -2.16. The van der Waals surface area contributed by atoms with Crippen molar-refractivity contribution in [1.82, 2.24) is 14.9 Å². The molecule has 0 saturated carbocycles. The Morgan fingerprint density at radius 2 is 2.17 bits per heavy atom. The molecule has 0 fully saturated rings. The van der Waals surface area contributed by atoms with Gasteiger partial charge in [-0.15, -0.1) is 0 Å². The van der Waals surface area contributed by atoms with Gasteiger partial charge in [0.25, 0.3) is 0 Å². The fraction of sp³-hybridized carbons (Fsp3) is 0.286. The third kappa shape index (κ3) is 3.44. The minimum atomic E-state index is 0.0970. The van der Waals surface area contributed by atoms with Crippen molar-refractivity contribution in [3.8, 4) is 6.07 Å². The van der Waals surface area contributed by atoms with E-state index in [-0.39, 0.29) is 6.04 Å². The molecule has 0 amide bonds. The Kier molecular flexibility index (Phi) is 4.51. The fourth-order valence-corrected chi connectivity index (χ4v) is 1.87. The van der Waals surface area contributed by atoms with Gasteiger partial charge in [-0.25, -0.2) is 4.98 Å². The maximum absolute atomic E-state index is 8.88. The van der Waals surface area contributed by atoms with E-state index in [2.05, 4.69) is 16.4 Å². The van der Waals surface area contributed by atoms with E-state index in [1.165, 1.54) is 0 Å². The molecule has 1 aromatic carbocycles. The largest absolute Gasteiger partial charge is 0.336 e. The molecular weight excluding hydrogens is 224 g/mol. The first-order valence-electron chi connectivity index (χ1n) is 6.01. The molecule has 0 saturated heterocycles. The number of benzene rings is 1. The summed E-state index contributed by atoms with van der Waals surface area (Å²) in [4.78, 5) is 4.00. The van der Waals surface area contributed by atoms with Crippen LogP contribution in [0, 0.1) is 11.3 Å². The first-order chi connectivity index (χ1) is 8.90. The molecule has 0 bridgehead atoms. The predicted octanol–water partition coefficient (Wildman–Crippen LogP) is 2.13. The first-order valence-corrected chi connectivity index (χ1v) is 6.01. The van der Waals surface area contributed by atoms with Crippen LogP contribution in [0.1, 0.15) is 18.0 Å². The van der Waals surface area contributed by atoms with Gasteiger partial charge in [-0.05, 0) is 5.56 Å². The molecule has 0 aliphatic heterocycles. The van der Waals surface area contributed by atoms with E-state index in [0.29, 0.717) is 6.42 Å². The summed E-state index contributed by atoms with van der Waals surface area (Å²) in [5.41, 5.74) is 1.16. The zero-order valence-corrected chi connectivity index (χ0v) is 10.2. The van der Waals surface area contributed by atoms with E-state index >= 15 is 0 Å². The van der Waals surface area contributed by atoms with Crippen LogP contribution in [0.15, 0.2) is 49.1 Å². The minimum Gasteiger partial charge on any atom is -0.336 e. The molecular formula is C14H16N4. The smallest absolute Gasteiger partial charge is 0.0946 e. The maximum atomic E-state index is 8.88. The quantitative estimate of drug-likeness (QED) is 0.841. The number of nitriles is 1. The van der Waals surface area contributed by atoms with E-state index < -0.39 is 0 Å². The Hall–Kier alpha value is -2.12. The lowest BCUT2D eigenvalue weighted by molar-refractivity contribution is 0.509. The highest BCUT2D eigenvalue weighted by Gasteiger charge is 2.09. The number of imidazole rings is 1. The lowest BCUT2D eigenvalue weighted by Crippen LogP contribution is -2.24. The predicted molar refractivity (Wildman–Crippen MR) is 69.6 cm³/mol. The summed E-state index contributed by atoms with van der Waals surface area (Å²) in [5, 5.41) is 12.3. The van der Waals surface area contributed by atoms with Gasteiger partial charge in [-0.2, -0.15) is 5.26 Å². The first kappa shape index (κ1) is 12.3. The van der Waals surface area contributed by atoms with Crippen LogP contribution in [0.2, 0.25) is 0 Å². The molecule has 0 aliphatic rings. The molecule has 4 heteroatoms. The number of nitrogens with zero attached hydrogens (tertiary/aromatic N) is 3. The Morgan fingerprint density at radius 1 is 1.33 bits per heavy atom. The van der Waals surface area contributed by atoms with Crippen molar-refractivity contribution in [3.63, 3.8) is 0 Å². The van der Waals surface area contributed by atoms with E-state index in [9.17, 15) is 0 Å². The Balaban J connectivity index is 1.89. The van der Waals surface area contributed by atoms with E-state index in [4.69, 9.17) is 5.26 Å². The van der Waals surface area contributed by atoms with Crippen molar-refractivity contribution in [1.29, 1.82) is 5.26 Å². The highest BCUT2D eigenvalue weighted by Crippen LogP contribution is 2.15. The molecule has 1 unspecified atom stereocenters. The highest BCUT2D eigenvalue weighted by molar-refractivity contribution is 5.19. The average Bonchev–Trinajstić information content (AvgIpc) is 2.92. The third-order valence-corrected chi connectivity index (χ3v) is 2.82. The second kappa shape index (κ2) is 6.58. The van der Waals surface area contributed by atoms with Gasteiger partial charge in [0.05, 0.1) is 18.8 Å². The number of rotatable bonds is 6. The van der Waals surface area contributed by atoms with Crippen molar-refractivity contribution in [2.24, 2.45) is 0 Å². The van der Waals surface area contributed by atoms with Gasteiger partial charge in [-0.1, -0.05) is 30.3 Å². The van der Waals surface area contributed by atoms with Crippen LogP contribution < -0.4 is 5.32 Å². The monoisotopic (exact) mass is 240 g/mol. The molecule has 0 aliphatic carbocycles. The summed E-state index contributed by atoms with van der Waals surface area (Å²) < 4.78 is 2.02. The summed E-state index contributed by atoms with van der Waals surface area (Å²) in [6.45, 7) is 1.67. The number of aromatic nitrogens is 2. The fourth-order valence-electron chi connectivity index (χ4n) is 1.87. The van der Waals surface area contributed by atoms with Crippen LogP contribution in [0.25, 0.3) is 0 Å². The normalized spacial score (nSPS) is 11.9. The minimum absolute atomic E-state index is 0.0970. The van der Waals surface area contributed by atoms with Crippen molar-refractivity contribution in [2.45, 2.75) is 19.0 Å². The molecule has 1 aromatic heterocycles. The second-order valence-electron chi connectivity index (χ2n) is 4.08. The van der Waals surface area contributed by atoms with Gasteiger partial charge in [0.2, 0.25) is 0 Å². The topological polar surface area (TPSA) is 53.6 Å². The van der Waals surface area contributed by atoms with Gasteiger partial charge in [0.1, 0.15) is 0 Å². The molecule has 1 N–H and O–H groups in total. The van der Waals surface area contributed by atoms with Gasteiger partial charge < -0.3 is 9.88 Å². The SMILES string of the molecule is N#CCC(NCCn1ccnc1)c1ccccc1. The molecule has 4 nitrogen and oxygen atoms in total. The molecule has 0 radical (unpaired) electrons. The lowest BCUT2D eigenvalue weighted by atomic mass is 10.0. The number of hydrogen-bond donors (Lipinski definition) is 1. The van der Waals surface area contributed by atoms with Crippen LogP contribution in [0.4, 0.5) is 0 Å². The Bertz CT molecular complexity index is 484. The standard InChI is InChI=1S/C14H16N4/c15-7-6-14(13-4-2-1-3-5-13)17-9-11-18-10-8-16-12-18/h1-5,8,10,12,14,17H,6,9,11H2. The van der Waals surface area contributed by atoms with Crippen LogP contribution in [0.5, 0.6) is 0 Å². The van der Waals surface area contributed by atoms with Crippen molar-refractivity contribution >= 4 is 0 Å². The summed E-state index contributed by atoms with van der Waals surface area (Å²) in [6.07, 6.45) is 5.98. The summed E-state index contributed by atoms with van der Waals surface area (Å²) in [5.74, 6) is 0. The van der Waals surface area contributed by atoms with Crippen molar-refractivity contribution in [3.05, 3.63) is 54.6 Å². The molecule has 2 aromatic rings. The average molecular weight is 240 g/mol. The van der Waals surface area contributed by atoms with Crippen LogP contribution in [-0.2, 0) is 6.54 Å². The van der Waals surface area contributed by atoms with E-state index in [1.807, 2.05) is 41.1 Å². The van der Waals surface area contributed by atoms with Crippen molar-refractivity contribution in [2.75, 3.05) is 6.54 Å². The van der Waals surface area contributed by atoms with Gasteiger partial charge in [0.15, 0.2) is 0 Å². The van der Waals surface area contributed by atoms with Gasteiger partial charge >= 0.3 is 0 Å². The van der Waals surface area contributed by atoms with Gasteiger partial charge in [-0.3, -0.25) is 0 Å². The number of nitrogens with one attached hydrogen (secondary N) is 1. The van der Waals surface area contributed by atoms with E-state index in [1.54, 1.807) is 12.5 Å². The maximum Gasteiger partial charge on any atom is 0.0946 e. The molecule has 92 valence electrons. The van der Waals surface area contributed by atoms with Gasteiger partial charge in [0, 0.05) is 31.5 Å². The van der Waals surface area contributed by atoms with Crippen LogP contribution in [-0.4, -0.2) is 16.1 Å². The molecule has 0 spiro atoms. The third-order valence-electron chi connectivity index (χ3n) is 2.82. The summed E-state index contributed by atoms with van der Waals surface area (Å²) >= 11 is 0. The Labute approximate surface area is 107 Å². The van der Waals surface area contributed by atoms with Crippen LogP contribution in [0.3, 0.4) is 0 Å². The summed E-state index contributed by atoms with van der Waals surface area (Å²) in [6, 6.07) is 12.4. The van der Waals surface area contributed by atoms with E-state index in [0.717, 1.165) is 18.7 Å². The number of hydrogen-bond acceptors (Lipinski definition) is 3. The molecule has 18 heavy (non-hydrogen) atoms. The second-order valence-corrected chi connectivity index (χ2v) is 4.08. The summed E-state index contributed by atoms with van der Waals surface area (Å²) in [7, 11) is 0.